The first-order chi connectivity index (χ1) is 8.11. The van der Waals surface area contributed by atoms with Crippen LogP contribution in [0, 0.1) is 0 Å². The Balaban J connectivity index is 3.57. The average Bonchev–Trinajstić information content (AvgIpc) is 2.24. The fourth-order valence-electron chi connectivity index (χ4n) is 1.45. The van der Waals surface area contributed by atoms with Crippen molar-refractivity contribution >= 4 is 0 Å². The summed E-state index contributed by atoms with van der Waals surface area (Å²) in [5.74, 6) is -0.528. The fourth-order valence-corrected chi connectivity index (χ4v) is 1.45. The van der Waals surface area contributed by atoms with Crippen LogP contribution in [0.25, 0.3) is 0 Å². The van der Waals surface area contributed by atoms with Gasteiger partial charge in [0.25, 0.3) is 0 Å². The minimum atomic E-state index is -4.93. The zero-order chi connectivity index (χ0) is 14.1. The van der Waals surface area contributed by atoms with E-state index in [-0.39, 0.29) is 6.07 Å². The van der Waals surface area contributed by atoms with Gasteiger partial charge in [-0.3, -0.25) is 0 Å². The van der Waals surface area contributed by atoms with Crippen LogP contribution in [0.15, 0.2) is 12.1 Å². The minimum Gasteiger partial charge on any atom is -0.496 e. The molecule has 1 rings (SSSR count). The van der Waals surface area contributed by atoms with E-state index in [4.69, 9.17) is 5.73 Å². The van der Waals surface area contributed by atoms with E-state index in [0.29, 0.717) is 6.07 Å². The molecule has 1 aromatic carbocycles. The first-order valence-corrected chi connectivity index (χ1v) is 4.66. The molecular weight excluding hydrogens is 264 g/mol. The molecule has 18 heavy (non-hydrogen) atoms. The molecule has 0 amide bonds. The number of hydrogen-bond donors (Lipinski definition) is 1. The zero-order valence-corrected chi connectivity index (χ0v) is 9.12. The summed E-state index contributed by atoms with van der Waals surface area (Å²) in [6.45, 7) is -0.573. The van der Waals surface area contributed by atoms with Gasteiger partial charge in [0.05, 0.1) is 18.2 Å². The molecule has 0 atom stereocenters. The number of methoxy groups -OCH3 is 1. The van der Waals surface area contributed by atoms with E-state index in [1.807, 2.05) is 0 Å². The Kier molecular flexibility index (Phi) is 3.80. The molecule has 102 valence electrons. The maximum absolute atomic E-state index is 12.6. The first-order valence-electron chi connectivity index (χ1n) is 4.66. The molecule has 0 aromatic heterocycles. The predicted octanol–water partition coefficient (Wildman–Crippen LogP) is 3.19. The van der Waals surface area contributed by atoms with Crippen molar-refractivity contribution in [2.75, 3.05) is 7.11 Å². The third-order valence-electron chi connectivity index (χ3n) is 2.27. The van der Waals surface area contributed by atoms with Gasteiger partial charge in [0.1, 0.15) is 5.75 Å². The monoisotopic (exact) mass is 273 g/mol. The molecule has 0 saturated heterocycles. The molecule has 0 fully saturated rings. The molecular formula is C10H9F6NO. The van der Waals surface area contributed by atoms with Crippen LogP contribution in [0.4, 0.5) is 26.3 Å². The summed E-state index contributed by atoms with van der Waals surface area (Å²) in [5, 5.41) is 0. The second-order valence-electron chi connectivity index (χ2n) is 3.40. The van der Waals surface area contributed by atoms with E-state index in [1.165, 1.54) is 0 Å². The van der Waals surface area contributed by atoms with Crippen LogP contribution >= 0.6 is 0 Å². The molecule has 2 nitrogen and oxygen atoms in total. The Hall–Kier alpha value is -1.44. The molecule has 2 N–H and O–H groups in total. The van der Waals surface area contributed by atoms with E-state index in [9.17, 15) is 26.3 Å². The van der Waals surface area contributed by atoms with E-state index in [2.05, 4.69) is 4.74 Å². The summed E-state index contributed by atoms with van der Waals surface area (Å²) in [5.41, 5.74) is 1.76. The third-order valence-corrected chi connectivity index (χ3v) is 2.27. The number of nitrogens with two attached hydrogens (primary N) is 1. The minimum absolute atomic E-state index is 0.0325. The molecule has 0 aliphatic rings. The number of hydrogen-bond acceptors (Lipinski definition) is 2. The van der Waals surface area contributed by atoms with Crippen molar-refractivity contribution in [3.05, 3.63) is 28.8 Å². The number of halogens is 6. The van der Waals surface area contributed by atoms with Crippen LogP contribution in [0.5, 0.6) is 5.75 Å². The van der Waals surface area contributed by atoms with E-state index < -0.39 is 41.3 Å². The second kappa shape index (κ2) is 4.68. The molecule has 1 aromatic rings. The number of rotatable bonds is 2. The molecule has 0 spiro atoms. The summed E-state index contributed by atoms with van der Waals surface area (Å²) >= 11 is 0. The van der Waals surface area contributed by atoms with Crippen molar-refractivity contribution in [3.8, 4) is 5.75 Å². The zero-order valence-electron chi connectivity index (χ0n) is 9.12. The Morgan fingerprint density at radius 2 is 1.61 bits per heavy atom. The van der Waals surface area contributed by atoms with Gasteiger partial charge in [0.2, 0.25) is 0 Å². The summed E-state index contributed by atoms with van der Waals surface area (Å²) in [6.07, 6.45) is -9.82. The number of ether oxygens (including phenoxy) is 1. The maximum Gasteiger partial charge on any atom is 0.416 e. The Morgan fingerprint density at radius 3 is 1.94 bits per heavy atom. The van der Waals surface area contributed by atoms with Gasteiger partial charge in [-0.15, -0.1) is 0 Å². The third kappa shape index (κ3) is 2.87. The lowest BCUT2D eigenvalue weighted by atomic mass is 10.0. The first kappa shape index (κ1) is 14.6. The number of alkyl halides is 6. The van der Waals surface area contributed by atoms with Gasteiger partial charge in [-0.05, 0) is 12.1 Å². The normalized spacial score (nSPS) is 12.7. The lowest BCUT2D eigenvalue weighted by Crippen LogP contribution is -2.16. The lowest BCUT2D eigenvalue weighted by Gasteiger charge is -2.18. The molecule has 0 aliphatic carbocycles. The van der Waals surface area contributed by atoms with Gasteiger partial charge in [0.15, 0.2) is 0 Å². The summed E-state index contributed by atoms with van der Waals surface area (Å²) in [4.78, 5) is 0. The van der Waals surface area contributed by atoms with Gasteiger partial charge in [-0.1, -0.05) is 0 Å². The van der Waals surface area contributed by atoms with Gasteiger partial charge >= 0.3 is 12.4 Å². The molecule has 0 bridgehead atoms. The molecule has 0 saturated carbocycles. The molecule has 0 heterocycles. The maximum atomic E-state index is 12.6. The van der Waals surface area contributed by atoms with Crippen molar-refractivity contribution < 1.29 is 31.1 Å². The van der Waals surface area contributed by atoms with Crippen LogP contribution in [-0.2, 0) is 18.9 Å². The van der Waals surface area contributed by atoms with Crippen LogP contribution in [0.3, 0.4) is 0 Å². The van der Waals surface area contributed by atoms with E-state index in [1.54, 1.807) is 0 Å². The largest absolute Gasteiger partial charge is 0.496 e. The standard InChI is InChI=1S/C10H9F6NO/c1-18-8-3-5(9(11,12)13)2-7(6(8)4-17)10(14,15)16/h2-3H,4,17H2,1H3. The van der Waals surface area contributed by atoms with Crippen LogP contribution in [0.2, 0.25) is 0 Å². The quantitative estimate of drug-likeness (QED) is 0.840. The van der Waals surface area contributed by atoms with Crippen molar-refractivity contribution in [2.24, 2.45) is 5.73 Å². The Bertz CT molecular complexity index is 437. The van der Waals surface area contributed by atoms with Crippen LogP contribution < -0.4 is 10.5 Å². The summed E-state index contributed by atoms with van der Waals surface area (Å²) in [7, 11) is 0.981. The highest BCUT2D eigenvalue weighted by atomic mass is 19.4. The van der Waals surface area contributed by atoms with Gasteiger partial charge in [0, 0.05) is 12.1 Å². The highest BCUT2D eigenvalue weighted by molar-refractivity contribution is 5.46. The Labute approximate surface area is 98.3 Å². The average molecular weight is 273 g/mol. The summed E-state index contributed by atoms with van der Waals surface area (Å²) < 4.78 is 79.8. The smallest absolute Gasteiger partial charge is 0.416 e. The van der Waals surface area contributed by atoms with Gasteiger partial charge < -0.3 is 10.5 Å². The van der Waals surface area contributed by atoms with Crippen molar-refractivity contribution in [1.82, 2.24) is 0 Å². The highest BCUT2D eigenvalue weighted by Gasteiger charge is 2.39. The van der Waals surface area contributed by atoms with E-state index in [0.717, 1.165) is 7.11 Å². The molecule has 0 unspecified atom stereocenters. The van der Waals surface area contributed by atoms with Crippen molar-refractivity contribution in [3.63, 3.8) is 0 Å². The van der Waals surface area contributed by atoms with Gasteiger partial charge in [-0.2, -0.15) is 26.3 Å². The van der Waals surface area contributed by atoms with Crippen molar-refractivity contribution in [2.45, 2.75) is 18.9 Å². The topological polar surface area (TPSA) is 35.2 Å². The van der Waals surface area contributed by atoms with E-state index >= 15 is 0 Å². The lowest BCUT2D eigenvalue weighted by molar-refractivity contribution is -0.143. The van der Waals surface area contributed by atoms with Crippen LogP contribution in [-0.4, -0.2) is 7.11 Å². The van der Waals surface area contributed by atoms with Gasteiger partial charge in [-0.25, -0.2) is 0 Å². The fraction of sp³-hybridized carbons (Fsp3) is 0.400. The number of benzene rings is 1. The Morgan fingerprint density at radius 1 is 1.06 bits per heavy atom. The van der Waals surface area contributed by atoms with Crippen molar-refractivity contribution in [1.29, 1.82) is 0 Å². The highest BCUT2D eigenvalue weighted by Crippen LogP contribution is 2.41. The molecule has 0 radical (unpaired) electrons. The SMILES string of the molecule is COc1cc(C(F)(F)F)cc(C(F)(F)F)c1CN. The molecule has 0 aliphatic heterocycles. The summed E-state index contributed by atoms with van der Waals surface area (Å²) in [6, 6.07) is 0.530. The second-order valence-corrected chi connectivity index (χ2v) is 3.40. The molecule has 8 heteroatoms. The predicted molar refractivity (Wildman–Crippen MR) is 50.9 cm³/mol. The van der Waals surface area contributed by atoms with Crippen LogP contribution in [0.1, 0.15) is 16.7 Å².